The van der Waals surface area contributed by atoms with E-state index in [0.29, 0.717) is 12.5 Å². The molecule has 0 aromatic heterocycles. The van der Waals surface area contributed by atoms with Crippen LogP contribution in [0.3, 0.4) is 0 Å². The van der Waals surface area contributed by atoms with E-state index in [1.165, 1.54) is 25.7 Å². The lowest BCUT2D eigenvalue weighted by Gasteiger charge is -2.09. The van der Waals surface area contributed by atoms with Crippen molar-refractivity contribution in [3.05, 3.63) is 0 Å². The SMILES string of the molecule is N#CCCCCOCCCCCCOCCC1CCCO1. The number of unbranched alkanes of at least 4 members (excludes halogenated alkanes) is 5. The summed E-state index contributed by atoms with van der Waals surface area (Å²) in [5.74, 6) is 0. The molecule has 0 amide bonds. The van der Waals surface area contributed by atoms with Crippen LogP contribution in [0.5, 0.6) is 0 Å². The van der Waals surface area contributed by atoms with Crippen molar-refractivity contribution < 1.29 is 14.2 Å². The van der Waals surface area contributed by atoms with Gasteiger partial charge in [-0.05, 0) is 44.9 Å². The van der Waals surface area contributed by atoms with Crippen molar-refractivity contribution >= 4 is 0 Å². The maximum absolute atomic E-state index is 8.39. The standard InChI is InChI=1S/C17H31NO3/c18-11-4-3-7-13-19-12-5-1-2-6-14-20-16-10-17-9-8-15-21-17/h17H,1-10,12-16H2. The third-order valence-electron chi connectivity index (χ3n) is 3.76. The maximum atomic E-state index is 8.39. The van der Waals surface area contributed by atoms with Gasteiger partial charge in [-0.15, -0.1) is 0 Å². The molecule has 0 aromatic rings. The Kier molecular flexibility index (Phi) is 12.6. The van der Waals surface area contributed by atoms with E-state index >= 15 is 0 Å². The van der Waals surface area contributed by atoms with Crippen molar-refractivity contribution in [1.82, 2.24) is 0 Å². The second kappa shape index (κ2) is 14.3. The molecule has 0 aromatic carbocycles. The lowest BCUT2D eigenvalue weighted by atomic mass is 10.2. The molecule has 0 aliphatic carbocycles. The van der Waals surface area contributed by atoms with Crippen molar-refractivity contribution in [1.29, 1.82) is 5.26 Å². The maximum Gasteiger partial charge on any atom is 0.0621 e. The molecule has 0 spiro atoms. The highest BCUT2D eigenvalue weighted by Crippen LogP contribution is 2.15. The van der Waals surface area contributed by atoms with E-state index in [1.807, 2.05) is 0 Å². The largest absolute Gasteiger partial charge is 0.381 e. The molecule has 1 saturated heterocycles. The van der Waals surface area contributed by atoms with Gasteiger partial charge in [0.05, 0.1) is 12.2 Å². The zero-order chi connectivity index (χ0) is 15.0. The summed E-state index contributed by atoms with van der Waals surface area (Å²) in [7, 11) is 0. The van der Waals surface area contributed by atoms with Crippen LogP contribution in [0, 0.1) is 11.3 Å². The van der Waals surface area contributed by atoms with Gasteiger partial charge in [0.2, 0.25) is 0 Å². The molecule has 4 heteroatoms. The smallest absolute Gasteiger partial charge is 0.0621 e. The molecule has 1 unspecified atom stereocenters. The molecule has 0 N–H and O–H groups in total. The van der Waals surface area contributed by atoms with Crippen molar-refractivity contribution in [2.24, 2.45) is 0 Å². The van der Waals surface area contributed by atoms with Crippen LogP contribution in [-0.4, -0.2) is 39.1 Å². The summed E-state index contributed by atoms with van der Waals surface area (Å²) in [4.78, 5) is 0. The van der Waals surface area contributed by atoms with Crippen LogP contribution in [0.2, 0.25) is 0 Å². The monoisotopic (exact) mass is 297 g/mol. The third kappa shape index (κ3) is 11.7. The summed E-state index contributed by atoms with van der Waals surface area (Å²) in [5, 5.41) is 8.39. The number of nitriles is 1. The van der Waals surface area contributed by atoms with Gasteiger partial charge >= 0.3 is 0 Å². The quantitative estimate of drug-likeness (QED) is 0.457. The van der Waals surface area contributed by atoms with Crippen molar-refractivity contribution in [3.63, 3.8) is 0 Å². The van der Waals surface area contributed by atoms with Crippen LogP contribution < -0.4 is 0 Å². The Balaban J connectivity index is 1.66. The van der Waals surface area contributed by atoms with Crippen molar-refractivity contribution in [2.75, 3.05) is 33.0 Å². The van der Waals surface area contributed by atoms with E-state index in [0.717, 1.165) is 65.1 Å². The van der Waals surface area contributed by atoms with E-state index in [9.17, 15) is 0 Å². The Labute approximate surface area is 129 Å². The lowest BCUT2D eigenvalue weighted by Crippen LogP contribution is -2.09. The van der Waals surface area contributed by atoms with Crippen molar-refractivity contribution in [2.45, 2.75) is 70.3 Å². The first-order valence-electron chi connectivity index (χ1n) is 8.57. The molecule has 0 saturated carbocycles. The fraction of sp³-hybridized carbons (Fsp3) is 0.941. The molecule has 21 heavy (non-hydrogen) atoms. The summed E-state index contributed by atoms with van der Waals surface area (Å²) in [6, 6.07) is 2.15. The highest BCUT2D eigenvalue weighted by molar-refractivity contribution is 4.67. The average molecular weight is 297 g/mol. The molecule has 1 fully saturated rings. The summed E-state index contributed by atoms with van der Waals surface area (Å²) in [5.41, 5.74) is 0. The van der Waals surface area contributed by atoms with Crippen molar-refractivity contribution in [3.8, 4) is 6.07 Å². The fourth-order valence-corrected chi connectivity index (χ4v) is 2.46. The minimum absolute atomic E-state index is 0.454. The van der Waals surface area contributed by atoms with Gasteiger partial charge in [-0.1, -0.05) is 12.8 Å². The summed E-state index contributed by atoms with van der Waals surface area (Å²) < 4.78 is 16.7. The Bertz CT molecular complexity index is 259. The van der Waals surface area contributed by atoms with Crippen LogP contribution in [0.25, 0.3) is 0 Å². The summed E-state index contributed by atoms with van der Waals surface area (Å²) >= 11 is 0. The first kappa shape index (κ1) is 18.4. The number of ether oxygens (including phenoxy) is 3. The Morgan fingerprint density at radius 3 is 2.19 bits per heavy atom. The molecule has 4 nitrogen and oxygen atoms in total. The highest BCUT2D eigenvalue weighted by Gasteiger charge is 2.14. The second-order valence-corrected chi connectivity index (χ2v) is 5.68. The van der Waals surface area contributed by atoms with Gasteiger partial charge in [0.15, 0.2) is 0 Å². The van der Waals surface area contributed by atoms with E-state index < -0.39 is 0 Å². The molecule has 1 atom stereocenters. The molecule has 1 heterocycles. The van der Waals surface area contributed by atoms with Gasteiger partial charge in [-0.2, -0.15) is 5.26 Å². The summed E-state index contributed by atoms with van der Waals surface area (Å²) in [6.07, 6.45) is 11.3. The molecular weight excluding hydrogens is 266 g/mol. The van der Waals surface area contributed by atoms with Gasteiger partial charge in [-0.25, -0.2) is 0 Å². The van der Waals surface area contributed by atoms with Gasteiger partial charge < -0.3 is 14.2 Å². The van der Waals surface area contributed by atoms with Gasteiger partial charge in [0.25, 0.3) is 0 Å². The normalized spacial score (nSPS) is 18.0. The molecule has 1 aliphatic heterocycles. The lowest BCUT2D eigenvalue weighted by molar-refractivity contribution is 0.0579. The van der Waals surface area contributed by atoms with Gasteiger partial charge in [-0.3, -0.25) is 0 Å². The first-order chi connectivity index (χ1) is 10.4. The van der Waals surface area contributed by atoms with Gasteiger partial charge in [0, 0.05) is 39.5 Å². The summed E-state index contributed by atoms with van der Waals surface area (Å²) in [6.45, 7) is 4.31. The fourth-order valence-electron chi connectivity index (χ4n) is 2.46. The average Bonchev–Trinajstić information content (AvgIpc) is 3.01. The van der Waals surface area contributed by atoms with E-state index in [1.54, 1.807) is 0 Å². The Morgan fingerprint density at radius 1 is 0.905 bits per heavy atom. The topological polar surface area (TPSA) is 51.5 Å². The molecule has 0 radical (unpaired) electrons. The van der Waals surface area contributed by atoms with Crippen LogP contribution in [0.4, 0.5) is 0 Å². The Morgan fingerprint density at radius 2 is 1.57 bits per heavy atom. The molecular formula is C17H31NO3. The third-order valence-corrected chi connectivity index (χ3v) is 3.76. The van der Waals surface area contributed by atoms with Crippen LogP contribution >= 0.6 is 0 Å². The predicted octanol–water partition coefficient (Wildman–Crippen LogP) is 3.84. The zero-order valence-corrected chi connectivity index (χ0v) is 13.4. The minimum atomic E-state index is 0.454. The number of hydrogen-bond acceptors (Lipinski definition) is 4. The van der Waals surface area contributed by atoms with E-state index in [4.69, 9.17) is 19.5 Å². The van der Waals surface area contributed by atoms with Gasteiger partial charge in [0.1, 0.15) is 0 Å². The van der Waals surface area contributed by atoms with E-state index in [-0.39, 0.29) is 0 Å². The first-order valence-corrected chi connectivity index (χ1v) is 8.57. The number of rotatable bonds is 14. The second-order valence-electron chi connectivity index (χ2n) is 5.68. The van der Waals surface area contributed by atoms with Crippen LogP contribution in [0.15, 0.2) is 0 Å². The molecule has 0 bridgehead atoms. The van der Waals surface area contributed by atoms with E-state index in [2.05, 4.69) is 6.07 Å². The minimum Gasteiger partial charge on any atom is -0.381 e. The van der Waals surface area contributed by atoms with Crippen LogP contribution in [-0.2, 0) is 14.2 Å². The Hall–Kier alpha value is -0.630. The number of hydrogen-bond donors (Lipinski definition) is 0. The zero-order valence-electron chi connectivity index (χ0n) is 13.4. The van der Waals surface area contributed by atoms with Crippen LogP contribution in [0.1, 0.15) is 64.2 Å². The molecule has 1 rings (SSSR count). The molecule has 1 aliphatic rings. The predicted molar refractivity (Wildman–Crippen MR) is 83.2 cm³/mol. The number of nitrogens with zero attached hydrogens (tertiary/aromatic N) is 1. The molecule has 122 valence electrons. The highest BCUT2D eigenvalue weighted by atomic mass is 16.5.